The fourth-order valence-corrected chi connectivity index (χ4v) is 2.35. The fraction of sp³-hybridized carbons (Fsp3) is 0.300. The van der Waals surface area contributed by atoms with Crippen molar-refractivity contribution in [2.45, 2.75) is 6.92 Å². The molecule has 2 heteroatoms. The van der Waals surface area contributed by atoms with Crippen LogP contribution in [0, 0.1) is 5.92 Å². The molecule has 0 amide bonds. The molecule has 22 heavy (non-hydrogen) atoms. The van der Waals surface area contributed by atoms with Crippen molar-refractivity contribution in [1.82, 2.24) is 4.90 Å². The summed E-state index contributed by atoms with van der Waals surface area (Å²) in [6.45, 7) is 3.99. The molecule has 2 aromatic rings. The van der Waals surface area contributed by atoms with Crippen LogP contribution in [0.15, 0.2) is 54.6 Å². The molecule has 2 rings (SSSR count). The second-order valence-corrected chi connectivity index (χ2v) is 5.99. The zero-order valence-electron chi connectivity index (χ0n) is 13.7. The second-order valence-electron chi connectivity index (χ2n) is 5.99. The van der Waals surface area contributed by atoms with Crippen LogP contribution >= 0.6 is 0 Å². The summed E-state index contributed by atoms with van der Waals surface area (Å²) in [6, 6.07) is 18.6. The van der Waals surface area contributed by atoms with Gasteiger partial charge in [-0.15, -0.1) is 0 Å². The molecule has 0 bridgehead atoms. The van der Waals surface area contributed by atoms with E-state index in [0.29, 0.717) is 5.92 Å². The van der Waals surface area contributed by atoms with E-state index in [1.54, 1.807) is 0 Å². The average Bonchev–Trinajstić information content (AvgIpc) is 2.52. The molecule has 0 saturated carbocycles. The predicted molar refractivity (Wildman–Crippen MR) is 95.0 cm³/mol. The summed E-state index contributed by atoms with van der Waals surface area (Å²) >= 11 is 0. The summed E-state index contributed by atoms with van der Waals surface area (Å²) in [5.41, 5.74) is 2.39. The third-order valence-electron chi connectivity index (χ3n) is 3.36. The molecule has 0 heterocycles. The second kappa shape index (κ2) is 8.40. The molecule has 0 aliphatic carbocycles. The summed E-state index contributed by atoms with van der Waals surface area (Å²) in [5, 5.41) is 0. The molecule has 0 N–H and O–H groups in total. The maximum atomic E-state index is 5.84. The van der Waals surface area contributed by atoms with E-state index >= 15 is 0 Å². The van der Waals surface area contributed by atoms with Gasteiger partial charge >= 0.3 is 0 Å². The van der Waals surface area contributed by atoms with Crippen LogP contribution in [0.2, 0.25) is 0 Å². The Kier molecular flexibility index (Phi) is 6.23. The first-order valence-corrected chi connectivity index (χ1v) is 7.74. The fourth-order valence-electron chi connectivity index (χ4n) is 2.35. The number of rotatable bonds is 7. The van der Waals surface area contributed by atoms with Crippen molar-refractivity contribution in [2.24, 2.45) is 5.92 Å². The minimum Gasteiger partial charge on any atom is -0.493 e. The molecular weight excluding hydrogens is 270 g/mol. The van der Waals surface area contributed by atoms with E-state index in [9.17, 15) is 0 Å². The summed E-state index contributed by atoms with van der Waals surface area (Å²) in [7, 11) is 4.18. The van der Waals surface area contributed by atoms with Crippen molar-refractivity contribution in [3.63, 3.8) is 0 Å². The molecule has 0 spiro atoms. The topological polar surface area (TPSA) is 12.5 Å². The first kappa shape index (κ1) is 16.3. The zero-order valence-corrected chi connectivity index (χ0v) is 13.7. The molecule has 0 aliphatic heterocycles. The van der Waals surface area contributed by atoms with Gasteiger partial charge in [-0.05, 0) is 37.4 Å². The number of ether oxygens (including phenoxy) is 1. The summed E-state index contributed by atoms with van der Waals surface area (Å²) in [6.07, 6.45) is 4.24. The van der Waals surface area contributed by atoms with Gasteiger partial charge in [-0.2, -0.15) is 0 Å². The highest BCUT2D eigenvalue weighted by Gasteiger charge is 2.04. The Morgan fingerprint density at radius 2 is 1.50 bits per heavy atom. The smallest absolute Gasteiger partial charge is 0.119 e. The molecule has 0 fully saturated rings. The van der Waals surface area contributed by atoms with Crippen LogP contribution in [-0.4, -0.2) is 32.1 Å². The van der Waals surface area contributed by atoms with E-state index in [0.717, 1.165) is 18.9 Å². The van der Waals surface area contributed by atoms with Gasteiger partial charge < -0.3 is 9.64 Å². The van der Waals surface area contributed by atoms with Crippen LogP contribution in [0.5, 0.6) is 5.75 Å². The Morgan fingerprint density at radius 3 is 2.09 bits per heavy atom. The largest absolute Gasteiger partial charge is 0.493 e. The normalized spacial score (nSPS) is 12.7. The average molecular weight is 295 g/mol. The zero-order chi connectivity index (χ0) is 15.8. The molecular formula is C20H25NO. The lowest BCUT2D eigenvalue weighted by molar-refractivity contribution is 0.222. The van der Waals surface area contributed by atoms with Crippen LogP contribution in [0.25, 0.3) is 12.2 Å². The minimum absolute atomic E-state index is 0.521. The SMILES string of the molecule is C[C@H](COc1ccc(/C=C\c2ccccc2)cc1)CN(C)C. The van der Waals surface area contributed by atoms with Gasteiger partial charge in [-0.1, -0.05) is 61.5 Å². The van der Waals surface area contributed by atoms with Gasteiger partial charge in [0.1, 0.15) is 5.75 Å². The summed E-state index contributed by atoms with van der Waals surface area (Å²) < 4.78 is 5.84. The van der Waals surface area contributed by atoms with Crippen LogP contribution in [0.3, 0.4) is 0 Å². The predicted octanol–water partition coefficient (Wildman–Crippen LogP) is 4.43. The number of hydrogen-bond acceptors (Lipinski definition) is 2. The molecule has 0 aromatic heterocycles. The molecule has 0 radical (unpaired) electrons. The number of nitrogens with zero attached hydrogens (tertiary/aromatic N) is 1. The molecule has 0 unspecified atom stereocenters. The summed E-state index contributed by atoms with van der Waals surface area (Å²) in [5.74, 6) is 1.45. The van der Waals surface area contributed by atoms with E-state index in [1.165, 1.54) is 11.1 Å². The van der Waals surface area contributed by atoms with E-state index < -0.39 is 0 Å². The van der Waals surface area contributed by atoms with Crippen molar-refractivity contribution in [1.29, 1.82) is 0 Å². The standard InChI is InChI=1S/C20H25NO/c1-17(15-21(2)3)16-22-20-13-11-19(12-14-20)10-9-18-7-5-4-6-8-18/h4-14,17H,15-16H2,1-3H3/b10-9-/t17-/m0/s1. The van der Waals surface area contributed by atoms with E-state index in [4.69, 9.17) is 4.74 Å². The van der Waals surface area contributed by atoms with E-state index in [1.807, 2.05) is 30.3 Å². The van der Waals surface area contributed by atoms with Gasteiger partial charge in [-0.3, -0.25) is 0 Å². The van der Waals surface area contributed by atoms with E-state index in [2.05, 4.69) is 62.3 Å². The molecule has 0 aliphatic rings. The van der Waals surface area contributed by atoms with E-state index in [-0.39, 0.29) is 0 Å². The Bertz CT molecular complexity index is 572. The number of benzene rings is 2. The lowest BCUT2D eigenvalue weighted by atomic mass is 10.1. The molecule has 1 atom stereocenters. The molecule has 0 saturated heterocycles. The maximum Gasteiger partial charge on any atom is 0.119 e. The lowest BCUT2D eigenvalue weighted by Crippen LogP contribution is -2.24. The Morgan fingerprint density at radius 1 is 0.909 bits per heavy atom. The van der Waals surface area contributed by atoms with Crippen LogP contribution in [0.4, 0.5) is 0 Å². The summed E-state index contributed by atoms with van der Waals surface area (Å²) in [4.78, 5) is 2.19. The Hall–Kier alpha value is -2.06. The van der Waals surface area contributed by atoms with Crippen LogP contribution in [-0.2, 0) is 0 Å². The lowest BCUT2D eigenvalue weighted by Gasteiger charge is -2.17. The maximum absolute atomic E-state index is 5.84. The molecule has 116 valence electrons. The Labute approximate surface area is 134 Å². The third-order valence-corrected chi connectivity index (χ3v) is 3.36. The highest BCUT2D eigenvalue weighted by Crippen LogP contribution is 2.15. The highest BCUT2D eigenvalue weighted by molar-refractivity contribution is 5.69. The van der Waals surface area contributed by atoms with Gasteiger partial charge in [0.05, 0.1) is 6.61 Å². The van der Waals surface area contributed by atoms with Gasteiger partial charge in [0.25, 0.3) is 0 Å². The molecule has 2 aromatic carbocycles. The highest BCUT2D eigenvalue weighted by atomic mass is 16.5. The van der Waals surface area contributed by atoms with Crippen molar-refractivity contribution in [3.05, 3.63) is 65.7 Å². The van der Waals surface area contributed by atoms with Gasteiger partial charge in [0, 0.05) is 12.5 Å². The van der Waals surface area contributed by atoms with Gasteiger partial charge in [0.2, 0.25) is 0 Å². The third kappa shape index (κ3) is 5.74. The van der Waals surface area contributed by atoms with Gasteiger partial charge in [0.15, 0.2) is 0 Å². The van der Waals surface area contributed by atoms with Gasteiger partial charge in [-0.25, -0.2) is 0 Å². The quantitative estimate of drug-likeness (QED) is 0.700. The first-order chi connectivity index (χ1) is 10.6. The first-order valence-electron chi connectivity index (χ1n) is 7.74. The van der Waals surface area contributed by atoms with Crippen LogP contribution in [0.1, 0.15) is 18.1 Å². The molecule has 2 nitrogen and oxygen atoms in total. The Balaban J connectivity index is 1.86. The van der Waals surface area contributed by atoms with Crippen molar-refractivity contribution < 1.29 is 4.74 Å². The monoisotopic (exact) mass is 295 g/mol. The van der Waals surface area contributed by atoms with Crippen molar-refractivity contribution in [2.75, 3.05) is 27.2 Å². The van der Waals surface area contributed by atoms with Crippen molar-refractivity contribution >= 4 is 12.2 Å². The van der Waals surface area contributed by atoms with Crippen molar-refractivity contribution in [3.8, 4) is 5.75 Å². The number of hydrogen-bond donors (Lipinski definition) is 0. The minimum atomic E-state index is 0.521. The van der Waals surface area contributed by atoms with Crippen LogP contribution < -0.4 is 4.74 Å².